The van der Waals surface area contributed by atoms with Gasteiger partial charge in [-0.15, -0.1) is 0 Å². The second-order valence-corrected chi connectivity index (χ2v) is 13.3. The number of alkyl halides is 2. The van der Waals surface area contributed by atoms with Crippen molar-refractivity contribution in [1.29, 1.82) is 0 Å². The molecule has 3 aliphatic rings. The summed E-state index contributed by atoms with van der Waals surface area (Å²) >= 11 is -2.41. The molecule has 2 N–H and O–H groups in total. The van der Waals surface area contributed by atoms with Crippen molar-refractivity contribution >= 4 is 34.1 Å². The first-order chi connectivity index (χ1) is 13.8. The van der Waals surface area contributed by atoms with Crippen LogP contribution in [0, 0.1) is 0 Å². The zero-order valence-corrected chi connectivity index (χ0v) is 18.7. The van der Waals surface area contributed by atoms with E-state index < -0.39 is 54.7 Å². The number of hydrogen-bond donors (Lipinski definition) is 1. The first-order valence-corrected chi connectivity index (χ1v) is 14.0. The summed E-state index contributed by atoms with van der Waals surface area (Å²) in [6, 6.07) is 7.12. The average Bonchev–Trinajstić information content (AvgIpc) is 3.41. The molecular formula is C17H22INO9S. The van der Waals surface area contributed by atoms with E-state index in [9.17, 15) is 13.2 Å². The molecular weight excluding hydrogens is 521 g/mol. The second kappa shape index (κ2) is 8.24. The van der Waals surface area contributed by atoms with Crippen LogP contribution in [0.2, 0.25) is 0 Å². The summed E-state index contributed by atoms with van der Waals surface area (Å²) in [7, 11) is -2.69. The molecule has 162 valence electrons. The predicted octanol–water partition coefficient (Wildman–Crippen LogP) is 1.47. The summed E-state index contributed by atoms with van der Waals surface area (Å²) in [6.45, 7) is 2.14. The van der Waals surface area contributed by atoms with Gasteiger partial charge in [0.25, 0.3) is 0 Å². The average molecular weight is 543 g/mol. The molecule has 3 saturated heterocycles. The molecule has 0 aromatic heterocycles. The molecule has 1 aromatic carbocycles. The quantitative estimate of drug-likeness (QED) is 0.322. The van der Waals surface area contributed by atoms with Crippen LogP contribution >= 0.6 is 19.8 Å². The SMILES string of the molecule is CCOC(=O)I1[C@@H]2[C@@H](OS(N)(=O)=O)[C@@H]3OC(c4ccc(OC)cc4)OC[C@H]3O[C@@H]21. The molecule has 3 fully saturated rings. The zero-order valence-electron chi connectivity index (χ0n) is 15.7. The minimum atomic E-state index is -4.25. The van der Waals surface area contributed by atoms with Gasteiger partial charge in [-0.25, -0.2) is 0 Å². The van der Waals surface area contributed by atoms with Gasteiger partial charge in [0, 0.05) is 0 Å². The summed E-state index contributed by atoms with van der Waals surface area (Å²) < 4.78 is 55.6. The maximum absolute atomic E-state index is 12.3. The molecule has 0 saturated carbocycles. The number of hydrogen-bond acceptors (Lipinski definition) is 9. The van der Waals surface area contributed by atoms with Crippen molar-refractivity contribution < 1.29 is 41.1 Å². The van der Waals surface area contributed by atoms with Crippen molar-refractivity contribution in [2.75, 3.05) is 20.3 Å². The molecule has 3 aliphatic heterocycles. The third-order valence-electron chi connectivity index (χ3n) is 4.76. The van der Waals surface area contributed by atoms with Crippen LogP contribution in [0.3, 0.4) is 0 Å². The molecule has 6 atom stereocenters. The fraction of sp³-hybridized carbons (Fsp3) is 0.588. The van der Waals surface area contributed by atoms with Crippen LogP contribution in [-0.2, 0) is 33.4 Å². The van der Waals surface area contributed by atoms with Crippen LogP contribution in [0.4, 0.5) is 4.79 Å². The van der Waals surface area contributed by atoms with E-state index in [1.807, 2.05) is 0 Å². The van der Waals surface area contributed by atoms with Gasteiger partial charge < -0.3 is 0 Å². The molecule has 12 heteroatoms. The van der Waals surface area contributed by atoms with E-state index in [0.29, 0.717) is 5.75 Å². The van der Waals surface area contributed by atoms with Crippen LogP contribution in [0.15, 0.2) is 24.3 Å². The van der Waals surface area contributed by atoms with Crippen molar-refractivity contribution in [1.82, 2.24) is 0 Å². The van der Waals surface area contributed by atoms with Crippen LogP contribution in [0.5, 0.6) is 5.75 Å². The second-order valence-electron chi connectivity index (χ2n) is 6.58. The Morgan fingerprint density at radius 3 is 2.62 bits per heavy atom. The van der Waals surface area contributed by atoms with Crippen LogP contribution in [0.25, 0.3) is 0 Å². The van der Waals surface area contributed by atoms with Gasteiger partial charge in [0.1, 0.15) is 0 Å². The fourth-order valence-electron chi connectivity index (χ4n) is 3.47. The normalized spacial score (nSPS) is 34.7. The number of carbonyl (C=O) groups is 1. The van der Waals surface area contributed by atoms with Crippen molar-refractivity contribution in [3.05, 3.63) is 29.8 Å². The number of methoxy groups -OCH3 is 1. The number of halogens is 1. The molecule has 0 spiro atoms. The Hall–Kier alpha value is -1.03. The number of benzene rings is 1. The van der Waals surface area contributed by atoms with Crippen molar-refractivity contribution in [2.45, 2.75) is 39.6 Å². The molecule has 29 heavy (non-hydrogen) atoms. The van der Waals surface area contributed by atoms with Gasteiger partial charge >= 0.3 is 176 Å². The number of ether oxygens (including phenoxy) is 5. The Bertz CT molecular complexity index is 864. The third kappa shape index (κ3) is 4.38. The Morgan fingerprint density at radius 2 is 2.00 bits per heavy atom. The Labute approximate surface area is 175 Å². The van der Waals surface area contributed by atoms with E-state index in [2.05, 4.69) is 0 Å². The van der Waals surface area contributed by atoms with Gasteiger partial charge in [-0.2, -0.15) is 0 Å². The summed E-state index contributed by atoms with van der Waals surface area (Å²) in [5.74, 6) is 0.684. The van der Waals surface area contributed by atoms with Crippen LogP contribution in [0.1, 0.15) is 18.8 Å². The standard InChI is InChI=1S/C17H22INO9S/c1-3-24-17(20)18-12-14(28-29(19,21)22)13-11(26-15(12)18)8-25-16(27-13)9-4-6-10(23-2)7-5-9/h4-7,11-16H,3,8H2,1-2H3,(H2,19,21,22)/t11-,12-,13-,14-,15+,16?/m1/s1. The van der Waals surface area contributed by atoms with Crippen molar-refractivity contribution in [3.63, 3.8) is 0 Å². The van der Waals surface area contributed by atoms with Crippen molar-refractivity contribution in [2.24, 2.45) is 5.14 Å². The van der Waals surface area contributed by atoms with E-state index in [0.717, 1.165) is 5.56 Å². The molecule has 3 heterocycles. The third-order valence-corrected chi connectivity index (χ3v) is 11.0. The molecule has 1 unspecified atom stereocenters. The zero-order chi connectivity index (χ0) is 20.8. The maximum atomic E-state index is 12.3. The number of carbonyl (C=O) groups excluding carboxylic acids is 1. The molecule has 0 bridgehead atoms. The minimum absolute atomic E-state index is 0.169. The van der Waals surface area contributed by atoms with E-state index in [4.69, 9.17) is 33.0 Å². The molecule has 0 aliphatic carbocycles. The summed E-state index contributed by atoms with van der Waals surface area (Å²) in [6.07, 6.45) is -2.95. The van der Waals surface area contributed by atoms with E-state index in [1.54, 1.807) is 38.3 Å². The Balaban J connectivity index is 1.56. The first-order valence-electron chi connectivity index (χ1n) is 8.93. The van der Waals surface area contributed by atoms with Gasteiger partial charge in [0.2, 0.25) is 0 Å². The van der Waals surface area contributed by atoms with Gasteiger partial charge in [0.15, 0.2) is 0 Å². The number of nitrogens with two attached hydrogens (primary N) is 1. The summed E-state index contributed by atoms with van der Waals surface area (Å²) in [5.41, 5.74) is 0.734. The van der Waals surface area contributed by atoms with Gasteiger partial charge in [-0.1, -0.05) is 0 Å². The first kappa shape index (κ1) is 21.2. The van der Waals surface area contributed by atoms with E-state index in [1.165, 1.54) is 0 Å². The predicted molar refractivity (Wildman–Crippen MR) is 108 cm³/mol. The molecule has 10 nitrogen and oxygen atoms in total. The fourth-order valence-corrected chi connectivity index (χ4v) is 10.5. The van der Waals surface area contributed by atoms with Crippen LogP contribution in [-0.4, -0.2) is 59.1 Å². The molecule has 4 rings (SSSR count). The van der Waals surface area contributed by atoms with Crippen molar-refractivity contribution in [3.8, 4) is 5.75 Å². The van der Waals surface area contributed by atoms with Gasteiger partial charge in [-0.05, 0) is 0 Å². The van der Waals surface area contributed by atoms with Gasteiger partial charge in [0.05, 0.1) is 0 Å². The molecule has 0 radical (unpaired) electrons. The number of rotatable bonds is 6. The van der Waals surface area contributed by atoms with Crippen LogP contribution < -0.4 is 9.88 Å². The number of fused-ring (bicyclic) bond motifs is 2. The summed E-state index contributed by atoms with van der Waals surface area (Å²) in [4.78, 5) is 12.3. The topological polar surface area (TPSA) is 133 Å². The van der Waals surface area contributed by atoms with E-state index in [-0.39, 0.29) is 25.2 Å². The molecule has 1 aromatic rings. The molecule has 0 amide bonds. The Kier molecular flexibility index (Phi) is 6.03. The summed E-state index contributed by atoms with van der Waals surface area (Å²) in [5, 5.41) is 5.14. The van der Waals surface area contributed by atoms with E-state index >= 15 is 0 Å². The Morgan fingerprint density at radius 1 is 1.28 bits per heavy atom. The monoisotopic (exact) mass is 543 g/mol. The van der Waals surface area contributed by atoms with Gasteiger partial charge in [-0.3, -0.25) is 0 Å².